The Bertz CT molecular complexity index is 285. The van der Waals surface area contributed by atoms with Crippen LogP contribution in [0.15, 0.2) is 12.4 Å². The molecule has 0 bridgehead atoms. The minimum absolute atomic E-state index is 0.230. The van der Waals surface area contributed by atoms with Crippen LogP contribution in [0.1, 0.15) is 32.4 Å². The molecule has 1 rings (SSSR count). The van der Waals surface area contributed by atoms with Gasteiger partial charge in [0, 0.05) is 37.5 Å². The van der Waals surface area contributed by atoms with Gasteiger partial charge < -0.3 is 10.4 Å². The lowest BCUT2D eigenvalue weighted by Gasteiger charge is -2.14. The molecule has 0 aliphatic heterocycles. The monoisotopic (exact) mass is 211 g/mol. The maximum Gasteiger partial charge on any atom is 0.0537 e. The second-order valence-corrected chi connectivity index (χ2v) is 4.05. The molecule has 0 aromatic carbocycles. The van der Waals surface area contributed by atoms with Crippen LogP contribution in [0.2, 0.25) is 0 Å². The van der Waals surface area contributed by atoms with Crippen molar-refractivity contribution in [2.75, 3.05) is 13.2 Å². The SMILES string of the molecule is CCn1cc(C(C)NCC(C)CO)cn1. The highest BCUT2D eigenvalue weighted by Crippen LogP contribution is 2.11. The summed E-state index contributed by atoms with van der Waals surface area (Å²) < 4.78 is 1.92. The van der Waals surface area contributed by atoms with Gasteiger partial charge in [-0.25, -0.2) is 0 Å². The van der Waals surface area contributed by atoms with Crippen LogP contribution >= 0.6 is 0 Å². The first-order valence-corrected chi connectivity index (χ1v) is 5.54. The maximum atomic E-state index is 8.90. The topological polar surface area (TPSA) is 50.1 Å². The average molecular weight is 211 g/mol. The number of aliphatic hydroxyl groups excluding tert-OH is 1. The zero-order valence-electron chi connectivity index (χ0n) is 9.77. The normalized spacial score (nSPS) is 15.2. The Labute approximate surface area is 91.3 Å². The van der Waals surface area contributed by atoms with E-state index in [9.17, 15) is 0 Å². The van der Waals surface area contributed by atoms with Crippen LogP contribution < -0.4 is 5.32 Å². The van der Waals surface area contributed by atoms with E-state index in [0.29, 0.717) is 12.0 Å². The van der Waals surface area contributed by atoms with Crippen LogP contribution in [-0.2, 0) is 6.54 Å². The molecule has 15 heavy (non-hydrogen) atoms. The Hall–Kier alpha value is -0.870. The Balaban J connectivity index is 2.42. The minimum atomic E-state index is 0.230. The Morgan fingerprint density at radius 2 is 2.27 bits per heavy atom. The highest BCUT2D eigenvalue weighted by Gasteiger charge is 2.08. The summed E-state index contributed by atoms with van der Waals surface area (Å²) in [5.74, 6) is 0.300. The predicted octanol–water partition coefficient (Wildman–Crippen LogP) is 1.18. The third-order valence-corrected chi connectivity index (χ3v) is 2.56. The standard InChI is InChI=1S/C11H21N3O/c1-4-14-7-11(6-13-14)10(3)12-5-9(2)8-15/h6-7,9-10,12,15H,4-5,8H2,1-3H3. The first-order chi connectivity index (χ1) is 7.17. The van der Waals surface area contributed by atoms with Gasteiger partial charge >= 0.3 is 0 Å². The molecule has 4 heteroatoms. The molecule has 0 fully saturated rings. The Kier molecular flexibility index (Phi) is 4.78. The lowest BCUT2D eigenvalue weighted by atomic mass is 10.1. The van der Waals surface area contributed by atoms with Crippen molar-refractivity contribution in [3.8, 4) is 0 Å². The van der Waals surface area contributed by atoms with E-state index >= 15 is 0 Å². The zero-order chi connectivity index (χ0) is 11.3. The number of nitrogens with zero attached hydrogens (tertiary/aromatic N) is 2. The van der Waals surface area contributed by atoms with E-state index < -0.39 is 0 Å². The Morgan fingerprint density at radius 3 is 2.80 bits per heavy atom. The molecule has 0 radical (unpaired) electrons. The van der Waals surface area contributed by atoms with Gasteiger partial charge in [0.25, 0.3) is 0 Å². The molecule has 1 aromatic rings. The molecule has 2 N–H and O–H groups in total. The van der Waals surface area contributed by atoms with E-state index in [1.165, 1.54) is 5.56 Å². The second-order valence-electron chi connectivity index (χ2n) is 4.05. The maximum absolute atomic E-state index is 8.90. The molecule has 0 aliphatic carbocycles. The largest absolute Gasteiger partial charge is 0.396 e. The third kappa shape index (κ3) is 3.64. The highest BCUT2D eigenvalue weighted by atomic mass is 16.3. The summed E-state index contributed by atoms with van der Waals surface area (Å²) in [7, 11) is 0. The summed E-state index contributed by atoms with van der Waals surface area (Å²) in [5, 5.41) is 16.5. The Morgan fingerprint density at radius 1 is 1.53 bits per heavy atom. The smallest absolute Gasteiger partial charge is 0.0537 e. The van der Waals surface area contributed by atoms with E-state index in [1.54, 1.807) is 0 Å². The van der Waals surface area contributed by atoms with Crippen LogP contribution in [0.4, 0.5) is 0 Å². The van der Waals surface area contributed by atoms with Crippen molar-refractivity contribution in [1.29, 1.82) is 0 Å². The van der Waals surface area contributed by atoms with Gasteiger partial charge in [0.1, 0.15) is 0 Å². The number of hydrogen-bond acceptors (Lipinski definition) is 3. The summed E-state index contributed by atoms with van der Waals surface area (Å²) in [6.07, 6.45) is 3.95. The highest BCUT2D eigenvalue weighted by molar-refractivity contribution is 5.09. The first kappa shape index (κ1) is 12.2. The van der Waals surface area contributed by atoms with Crippen molar-refractivity contribution in [2.45, 2.75) is 33.4 Å². The minimum Gasteiger partial charge on any atom is -0.396 e. The summed E-state index contributed by atoms with van der Waals surface area (Å²) in [5.41, 5.74) is 1.20. The summed E-state index contributed by atoms with van der Waals surface area (Å²) in [6.45, 7) is 8.17. The second kappa shape index (κ2) is 5.88. The molecule has 2 unspecified atom stereocenters. The molecule has 0 amide bonds. The summed E-state index contributed by atoms with van der Waals surface area (Å²) >= 11 is 0. The molecule has 86 valence electrons. The average Bonchev–Trinajstić information content (AvgIpc) is 2.73. The molecule has 0 spiro atoms. The number of nitrogens with one attached hydrogen (secondary N) is 1. The lowest BCUT2D eigenvalue weighted by Crippen LogP contribution is -2.25. The van der Waals surface area contributed by atoms with Gasteiger partial charge in [0.15, 0.2) is 0 Å². The van der Waals surface area contributed by atoms with Gasteiger partial charge in [-0.05, 0) is 19.8 Å². The number of rotatable bonds is 6. The van der Waals surface area contributed by atoms with E-state index in [-0.39, 0.29) is 6.61 Å². The van der Waals surface area contributed by atoms with Crippen LogP contribution in [0.5, 0.6) is 0 Å². The molecule has 4 nitrogen and oxygen atoms in total. The summed E-state index contributed by atoms with van der Waals surface area (Å²) in [4.78, 5) is 0. The lowest BCUT2D eigenvalue weighted by molar-refractivity contribution is 0.231. The van der Waals surface area contributed by atoms with E-state index in [2.05, 4.69) is 30.5 Å². The van der Waals surface area contributed by atoms with Crippen molar-refractivity contribution in [1.82, 2.24) is 15.1 Å². The number of aryl methyl sites for hydroxylation is 1. The predicted molar refractivity (Wildman–Crippen MR) is 60.6 cm³/mol. The fraction of sp³-hybridized carbons (Fsp3) is 0.727. The third-order valence-electron chi connectivity index (χ3n) is 2.56. The van der Waals surface area contributed by atoms with Gasteiger partial charge in [-0.1, -0.05) is 6.92 Å². The number of hydrogen-bond donors (Lipinski definition) is 2. The van der Waals surface area contributed by atoms with Crippen molar-refractivity contribution in [3.63, 3.8) is 0 Å². The van der Waals surface area contributed by atoms with Gasteiger partial charge in [0.2, 0.25) is 0 Å². The van der Waals surface area contributed by atoms with Gasteiger partial charge in [-0.3, -0.25) is 4.68 Å². The molecule has 0 saturated carbocycles. The van der Waals surface area contributed by atoms with E-state index in [1.807, 2.05) is 17.8 Å². The molecular formula is C11H21N3O. The zero-order valence-corrected chi connectivity index (χ0v) is 9.77. The van der Waals surface area contributed by atoms with Crippen molar-refractivity contribution < 1.29 is 5.11 Å². The quantitative estimate of drug-likeness (QED) is 0.743. The van der Waals surface area contributed by atoms with Crippen molar-refractivity contribution in [2.24, 2.45) is 5.92 Å². The van der Waals surface area contributed by atoms with Crippen LogP contribution in [0.25, 0.3) is 0 Å². The fourth-order valence-corrected chi connectivity index (χ4v) is 1.34. The molecule has 0 saturated heterocycles. The number of aromatic nitrogens is 2. The molecule has 1 aromatic heterocycles. The van der Waals surface area contributed by atoms with Crippen LogP contribution in [0.3, 0.4) is 0 Å². The van der Waals surface area contributed by atoms with Gasteiger partial charge in [-0.2, -0.15) is 5.10 Å². The molecule has 0 aliphatic rings. The van der Waals surface area contributed by atoms with Crippen LogP contribution in [-0.4, -0.2) is 28.0 Å². The molecular weight excluding hydrogens is 190 g/mol. The fourth-order valence-electron chi connectivity index (χ4n) is 1.34. The number of aliphatic hydroxyl groups is 1. The molecule has 1 heterocycles. The van der Waals surface area contributed by atoms with Gasteiger partial charge in [0.05, 0.1) is 6.20 Å². The van der Waals surface area contributed by atoms with Crippen LogP contribution in [0, 0.1) is 5.92 Å². The first-order valence-electron chi connectivity index (χ1n) is 5.54. The molecule has 2 atom stereocenters. The van der Waals surface area contributed by atoms with Crippen molar-refractivity contribution >= 4 is 0 Å². The van der Waals surface area contributed by atoms with E-state index in [0.717, 1.165) is 13.1 Å². The van der Waals surface area contributed by atoms with Crippen molar-refractivity contribution in [3.05, 3.63) is 18.0 Å². The van der Waals surface area contributed by atoms with Gasteiger partial charge in [-0.15, -0.1) is 0 Å². The summed E-state index contributed by atoms with van der Waals surface area (Å²) in [6, 6.07) is 0.291. The van der Waals surface area contributed by atoms with E-state index in [4.69, 9.17) is 5.11 Å².